The maximum atomic E-state index is 13.0. The molecule has 0 saturated carbocycles. The van der Waals surface area contributed by atoms with Gasteiger partial charge in [-0.05, 0) is 30.3 Å². The molecule has 2 aromatic heterocycles. The molecule has 1 amide bonds. The van der Waals surface area contributed by atoms with E-state index in [0.717, 1.165) is 6.20 Å². The summed E-state index contributed by atoms with van der Waals surface area (Å²) in [4.78, 5) is 24.2. The molecule has 29 heavy (non-hydrogen) atoms. The number of nitrogens with zero attached hydrogens (tertiary/aromatic N) is 3. The lowest BCUT2D eigenvalue weighted by Gasteiger charge is -2.13. The second kappa shape index (κ2) is 8.50. The fourth-order valence-electron chi connectivity index (χ4n) is 2.16. The van der Waals surface area contributed by atoms with Crippen molar-refractivity contribution < 1.29 is 27.1 Å². The minimum Gasteiger partial charge on any atom is -0.482 e. The van der Waals surface area contributed by atoms with E-state index in [2.05, 4.69) is 25.6 Å². The van der Waals surface area contributed by atoms with Gasteiger partial charge in [0, 0.05) is 24.1 Å². The average molecular weight is 407 g/mol. The Morgan fingerprint density at radius 1 is 1.07 bits per heavy atom. The van der Waals surface area contributed by atoms with Crippen LogP contribution in [0.4, 0.5) is 34.9 Å². The summed E-state index contributed by atoms with van der Waals surface area (Å²) < 4.78 is 54.8. The standard InChI is InChI=1S/C18H13F4N5O2/c19-11-1-3-12(4-2-11)25-17-24-8-5-13(27-17)16(28)26-14-9-23-7-6-15(14)29-10-18(20,21)22/h1-9H,10H2,(H,26,28)(H,24,25,27). The minimum atomic E-state index is -4.53. The van der Waals surface area contributed by atoms with Gasteiger partial charge in [-0.15, -0.1) is 0 Å². The van der Waals surface area contributed by atoms with E-state index >= 15 is 0 Å². The number of carbonyl (C=O) groups is 1. The van der Waals surface area contributed by atoms with Gasteiger partial charge in [0.1, 0.15) is 22.9 Å². The predicted octanol–water partition coefficient (Wildman–Crippen LogP) is 3.95. The number of pyridine rings is 1. The first kappa shape index (κ1) is 20.0. The summed E-state index contributed by atoms with van der Waals surface area (Å²) >= 11 is 0. The number of hydrogen-bond acceptors (Lipinski definition) is 6. The predicted molar refractivity (Wildman–Crippen MR) is 95.5 cm³/mol. The molecule has 7 nitrogen and oxygen atoms in total. The molecule has 0 aliphatic heterocycles. The highest BCUT2D eigenvalue weighted by atomic mass is 19.4. The largest absolute Gasteiger partial charge is 0.482 e. The highest BCUT2D eigenvalue weighted by molar-refractivity contribution is 6.03. The Morgan fingerprint density at radius 3 is 2.55 bits per heavy atom. The Balaban J connectivity index is 1.72. The van der Waals surface area contributed by atoms with E-state index in [4.69, 9.17) is 4.74 Å². The number of benzene rings is 1. The molecule has 0 saturated heterocycles. The fraction of sp³-hybridized carbons (Fsp3) is 0.111. The van der Waals surface area contributed by atoms with Gasteiger partial charge in [0.05, 0.1) is 6.20 Å². The smallest absolute Gasteiger partial charge is 0.422 e. The van der Waals surface area contributed by atoms with Crippen molar-refractivity contribution in [2.45, 2.75) is 6.18 Å². The van der Waals surface area contributed by atoms with Crippen LogP contribution in [-0.2, 0) is 0 Å². The maximum Gasteiger partial charge on any atom is 0.422 e. The Labute approximate surface area is 161 Å². The van der Waals surface area contributed by atoms with Gasteiger partial charge in [0.15, 0.2) is 6.61 Å². The van der Waals surface area contributed by atoms with E-state index < -0.39 is 24.5 Å². The topological polar surface area (TPSA) is 89.0 Å². The van der Waals surface area contributed by atoms with Crippen molar-refractivity contribution in [1.29, 1.82) is 0 Å². The van der Waals surface area contributed by atoms with Crippen LogP contribution in [0.2, 0.25) is 0 Å². The van der Waals surface area contributed by atoms with Crippen molar-refractivity contribution in [3.63, 3.8) is 0 Å². The maximum absolute atomic E-state index is 13.0. The molecule has 3 rings (SSSR count). The lowest BCUT2D eigenvalue weighted by molar-refractivity contribution is -0.153. The lowest BCUT2D eigenvalue weighted by atomic mass is 10.3. The summed E-state index contributed by atoms with van der Waals surface area (Å²) in [6.45, 7) is -1.51. The fourth-order valence-corrected chi connectivity index (χ4v) is 2.16. The van der Waals surface area contributed by atoms with Gasteiger partial charge >= 0.3 is 6.18 Å². The molecule has 0 aliphatic rings. The van der Waals surface area contributed by atoms with Crippen LogP contribution in [0.25, 0.3) is 0 Å². The van der Waals surface area contributed by atoms with Gasteiger partial charge < -0.3 is 15.4 Å². The lowest BCUT2D eigenvalue weighted by Crippen LogP contribution is -2.21. The summed E-state index contributed by atoms with van der Waals surface area (Å²) in [6.07, 6.45) is -0.824. The zero-order chi connectivity index (χ0) is 20.9. The molecule has 2 N–H and O–H groups in total. The number of halogens is 4. The Hall–Kier alpha value is -3.76. The van der Waals surface area contributed by atoms with Gasteiger partial charge in [-0.25, -0.2) is 14.4 Å². The summed E-state index contributed by atoms with van der Waals surface area (Å²) in [5.74, 6) is -1.24. The van der Waals surface area contributed by atoms with Crippen LogP contribution in [0.3, 0.4) is 0 Å². The van der Waals surface area contributed by atoms with Crippen LogP contribution in [0.1, 0.15) is 10.5 Å². The third-order valence-electron chi connectivity index (χ3n) is 3.41. The second-order valence-corrected chi connectivity index (χ2v) is 5.63. The summed E-state index contributed by atoms with van der Waals surface area (Å²) in [5, 5.41) is 5.21. The molecule has 0 aliphatic carbocycles. The van der Waals surface area contributed by atoms with Crippen LogP contribution in [-0.4, -0.2) is 33.6 Å². The Bertz CT molecular complexity index is 996. The van der Waals surface area contributed by atoms with Crippen LogP contribution in [0.15, 0.2) is 55.0 Å². The first-order valence-corrected chi connectivity index (χ1v) is 8.11. The molecule has 0 atom stereocenters. The molecule has 11 heteroatoms. The molecule has 0 unspecified atom stereocenters. The van der Waals surface area contributed by atoms with Crippen molar-refractivity contribution in [3.05, 3.63) is 66.5 Å². The molecule has 0 bridgehead atoms. The van der Waals surface area contributed by atoms with Gasteiger partial charge in [-0.2, -0.15) is 13.2 Å². The van der Waals surface area contributed by atoms with Crippen LogP contribution in [0.5, 0.6) is 5.75 Å². The molecule has 3 aromatic rings. The first-order chi connectivity index (χ1) is 13.8. The van der Waals surface area contributed by atoms with E-state index in [-0.39, 0.29) is 23.1 Å². The SMILES string of the molecule is O=C(Nc1cnccc1OCC(F)(F)F)c1ccnc(Nc2ccc(F)cc2)n1. The normalized spacial score (nSPS) is 11.0. The molecule has 0 spiro atoms. The monoisotopic (exact) mass is 407 g/mol. The highest BCUT2D eigenvalue weighted by Crippen LogP contribution is 2.26. The number of rotatable bonds is 6. The van der Waals surface area contributed by atoms with Crippen molar-refractivity contribution in [1.82, 2.24) is 15.0 Å². The molecule has 1 aromatic carbocycles. The molecule has 150 valence electrons. The van der Waals surface area contributed by atoms with Crippen molar-refractivity contribution in [2.75, 3.05) is 17.2 Å². The third-order valence-corrected chi connectivity index (χ3v) is 3.41. The summed E-state index contributed by atoms with van der Waals surface area (Å²) in [6, 6.07) is 7.92. The second-order valence-electron chi connectivity index (χ2n) is 5.63. The summed E-state index contributed by atoms with van der Waals surface area (Å²) in [5.41, 5.74) is 0.391. The molecule has 2 heterocycles. The van der Waals surface area contributed by atoms with E-state index in [1.165, 1.54) is 48.8 Å². The number of aromatic nitrogens is 3. The summed E-state index contributed by atoms with van der Waals surface area (Å²) in [7, 11) is 0. The molecular formula is C18H13F4N5O2. The Kier molecular flexibility index (Phi) is 5.86. The van der Waals surface area contributed by atoms with E-state index in [0.29, 0.717) is 5.69 Å². The van der Waals surface area contributed by atoms with Crippen molar-refractivity contribution in [2.24, 2.45) is 0 Å². The van der Waals surface area contributed by atoms with Gasteiger partial charge in [0.25, 0.3) is 5.91 Å². The average Bonchev–Trinajstić information content (AvgIpc) is 2.69. The van der Waals surface area contributed by atoms with Gasteiger partial charge in [-0.1, -0.05) is 0 Å². The highest BCUT2D eigenvalue weighted by Gasteiger charge is 2.29. The van der Waals surface area contributed by atoms with E-state index in [1.807, 2.05) is 0 Å². The van der Waals surface area contributed by atoms with Gasteiger partial charge in [0.2, 0.25) is 5.95 Å². The molecule has 0 fully saturated rings. The van der Waals surface area contributed by atoms with E-state index in [9.17, 15) is 22.4 Å². The van der Waals surface area contributed by atoms with Crippen LogP contribution < -0.4 is 15.4 Å². The van der Waals surface area contributed by atoms with Gasteiger partial charge in [-0.3, -0.25) is 9.78 Å². The number of hydrogen-bond donors (Lipinski definition) is 2. The van der Waals surface area contributed by atoms with E-state index in [1.54, 1.807) is 0 Å². The van der Waals surface area contributed by atoms with Crippen LogP contribution >= 0.6 is 0 Å². The number of amides is 1. The number of ether oxygens (including phenoxy) is 1. The molecule has 0 radical (unpaired) electrons. The van der Waals surface area contributed by atoms with Crippen molar-refractivity contribution >= 4 is 23.2 Å². The Morgan fingerprint density at radius 2 is 1.83 bits per heavy atom. The zero-order valence-corrected chi connectivity index (χ0v) is 14.6. The number of nitrogens with one attached hydrogen (secondary N) is 2. The van der Waals surface area contributed by atoms with Crippen molar-refractivity contribution in [3.8, 4) is 5.75 Å². The molecular weight excluding hydrogens is 394 g/mol. The number of carbonyl (C=O) groups excluding carboxylic acids is 1. The number of anilines is 3. The third kappa shape index (κ3) is 5.86. The minimum absolute atomic E-state index is 0.0478. The number of alkyl halides is 3. The first-order valence-electron chi connectivity index (χ1n) is 8.11. The zero-order valence-electron chi connectivity index (χ0n) is 14.6. The van der Waals surface area contributed by atoms with Crippen LogP contribution in [0, 0.1) is 5.82 Å². The quantitative estimate of drug-likeness (QED) is 0.602.